The van der Waals surface area contributed by atoms with Crippen molar-refractivity contribution in [1.29, 1.82) is 0 Å². The van der Waals surface area contributed by atoms with Gasteiger partial charge in [-0.15, -0.1) is 0 Å². The molecule has 2 heteroatoms. The van der Waals surface area contributed by atoms with Crippen molar-refractivity contribution in [2.24, 2.45) is 5.92 Å². The van der Waals surface area contributed by atoms with Crippen molar-refractivity contribution in [3.63, 3.8) is 0 Å². The number of hydrogen-bond acceptors (Lipinski definition) is 0. The lowest BCUT2D eigenvalue weighted by Crippen LogP contribution is -2.03. The number of hydrogen-bond donors (Lipinski definition) is 0. The fraction of sp³-hybridized carbons (Fsp3) is 0.714. The van der Waals surface area contributed by atoms with E-state index in [2.05, 4.69) is 0 Å². The van der Waals surface area contributed by atoms with E-state index < -0.39 is 6.43 Å². The first-order valence-electron chi connectivity index (χ1n) is 3.03. The van der Waals surface area contributed by atoms with Gasteiger partial charge in [-0.1, -0.05) is 19.9 Å². The third-order valence-electron chi connectivity index (χ3n) is 1.25. The van der Waals surface area contributed by atoms with Crippen molar-refractivity contribution in [2.45, 2.75) is 27.2 Å². The Balaban J connectivity index is 4.01. The van der Waals surface area contributed by atoms with Crippen LogP contribution in [0.2, 0.25) is 0 Å². The maximum Gasteiger partial charge on any atom is 0.260 e. The summed E-state index contributed by atoms with van der Waals surface area (Å²) in [6, 6.07) is 0. The van der Waals surface area contributed by atoms with E-state index in [4.69, 9.17) is 0 Å². The largest absolute Gasteiger partial charge is 0.260 e. The zero-order chi connectivity index (χ0) is 7.44. The number of rotatable bonds is 2. The van der Waals surface area contributed by atoms with Crippen LogP contribution in [0.25, 0.3) is 0 Å². The highest BCUT2D eigenvalue weighted by Gasteiger charge is 2.12. The molecule has 0 unspecified atom stereocenters. The van der Waals surface area contributed by atoms with Gasteiger partial charge in [0.15, 0.2) is 0 Å². The minimum atomic E-state index is -2.28. The van der Waals surface area contributed by atoms with Gasteiger partial charge in [-0.3, -0.25) is 0 Å². The average molecular weight is 134 g/mol. The van der Waals surface area contributed by atoms with E-state index >= 15 is 0 Å². The Labute approximate surface area is 54.6 Å². The third-order valence-corrected chi connectivity index (χ3v) is 1.25. The summed E-state index contributed by atoms with van der Waals surface area (Å²) < 4.78 is 23.8. The molecule has 54 valence electrons. The van der Waals surface area contributed by atoms with Crippen LogP contribution < -0.4 is 0 Å². The van der Waals surface area contributed by atoms with Gasteiger partial charge < -0.3 is 0 Å². The second kappa shape index (κ2) is 3.59. The van der Waals surface area contributed by atoms with E-state index in [0.717, 1.165) is 0 Å². The molecule has 0 aromatic rings. The van der Waals surface area contributed by atoms with Crippen LogP contribution in [0, 0.1) is 5.92 Å². The van der Waals surface area contributed by atoms with E-state index in [1.165, 1.54) is 6.08 Å². The van der Waals surface area contributed by atoms with E-state index in [1.807, 2.05) is 0 Å². The molecule has 0 bridgehead atoms. The lowest BCUT2D eigenvalue weighted by molar-refractivity contribution is 0.177. The molecule has 0 aliphatic carbocycles. The van der Waals surface area contributed by atoms with Crippen LogP contribution in [0.4, 0.5) is 8.78 Å². The summed E-state index contributed by atoms with van der Waals surface area (Å²) in [5.41, 5.74) is 0.231. The molecule has 0 heterocycles. The van der Waals surface area contributed by atoms with Gasteiger partial charge >= 0.3 is 0 Å². The van der Waals surface area contributed by atoms with Crippen LogP contribution in [-0.2, 0) is 0 Å². The summed E-state index contributed by atoms with van der Waals surface area (Å²) in [6.07, 6.45) is -0.801. The Kier molecular flexibility index (Phi) is 3.43. The molecule has 0 aromatic carbocycles. The summed E-state index contributed by atoms with van der Waals surface area (Å²) in [5, 5.41) is 0. The minimum Gasteiger partial charge on any atom is -0.205 e. The van der Waals surface area contributed by atoms with Crippen molar-refractivity contribution < 1.29 is 8.78 Å². The molecule has 0 atom stereocenters. The number of alkyl halides is 2. The Morgan fingerprint density at radius 3 is 1.78 bits per heavy atom. The van der Waals surface area contributed by atoms with Crippen molar-refractivity contribution in [2.75, 3.05) is 0 Å². The van der Waals surface area contributed by atoms with Gasteiger partial charge in [-0.2, -0.15) is 0 Å². The molecule has 0 spiro atoms. The van der Waals surface area contributed by atoms with E-state index in [9.17, 15) is 8.78 Å². The highest BCUT2D eigenvalue weighted by atomic mass is 19.3. The zero-order valence-corrected chi connectivity index (χ0v) is 5.99. The smallest absolute Gasteiger partial charge is 0.205 e. The molecule has 9 heavy (non-hydrogen) atoms. The molecule has 0 amide bonds. The van der Waals surface area contributed by atoms with E-state index in [1.54, 1.807) is 20.8 Å². The summed E-state index contributed by atoms with van der Waals surface area (Å²) in [5.74, 6) is -0.0324. The van der Waals surface area contributed by atoms with Crippen molar-refractivity contribution in [1.82, 2.24) is 0 Å². The normalized spacial score (nSPS) is 13.4. The van der Waals surface area contributed by atoms with Gasteiger partial charge in [0.25, 0.3) is 6.43 Å². The fourth-order valence-corrected chi connectivity index (χ4v) is 0.711. The van der Waals surface area contributed by atoms with Crippen molar-refractivity contribution in [3.8, 4) is 0 Å². The van der Waals surface area contributed by atoms with E-state index in [0.29, 0.717) is 0 Å². The van der Waals surface area contributed by atoms with Crippen LogP contribution in [0.1, 0.15) is 20.8 Å². The monoisotopic (exact) mass is 134 g/mol. The predicted octanol–water partition coefficient (Wildman–Crippen LogP) is 2.85. The summed E-state index contributed by atoms with van der Waals surface area (Å²) in [4.78, 5) is 0. The molecular weight excluding hydrogens is 122 g/mol. The summed E-state index contributed by atoms with van der Waals surface area (Å²) in [6.45, 7) is 5.17. The second-order valence-electron chi connectivity index (χ2n) is 2.24. The van der Waals surface area contributed by atoms with Gasteiger partial charge in [0.1, 0.15) is 0 Å². The molecule has 0 nitrogen and oxygen atoms in total. The van der Waals surface area contributed by atoms with Crippen LogP contribution in [0.3, 0.4) is 0 Å². The van der Waals surface area contributed by atoms with Crippen LogP contribution >= 0.6 is 0 Å². The first-order chi connectivity index (χ1) is 4.09. The zero-order valence-electron chi connectivity index (χ0n) is 5.99. The molecule has 0 aromatic heterocycles. The Hall–Kier alpha value is -0.400. The average Bonchev–Trinajstić information content (AvgIpc) is 1.64. The van der Waals surface area contributed by atoms with Gasteiger partial charge in [0.05, 0.1) is 0 Å². The lowest BCUT2D eigenvalue weighted by atomic mass is 10.0. The summed E-state index contributed by atoms with van der Waals surface area (Å²) >= 11 is 0. The molecule has 0 aliphatic rings. The first kappa shape index (κ1) is 8.60. The molecule has 0 radical (unpaired) electrons. The van der Waals surface area contributed by atoms with Crippen LogP contribution in [0.5, 0.6) is 0 Å². The van der Waals surface area contributed by atoms with Gasteiger partial charge in [0, 0.05) is 0 Å². The molecular formula is C7H12F2. The first-order valence-corrected chi connectivity index (χ1v) is 3.03. The molecule has 0 N–H and O–H groups in total. The molecule has 0 fully saturated rings. The van der Waals surface area contributed by atoms with E-state index in [-0.39, 0.29) is 11.5 Å². The number of halogens is 2. The van der Waals surface area contributed by atoms with Crippen LogP contribution in [-0.4, -0.2) is 6.43 Å². The second-order valence-corrected chi connectivity index (χ2v) is 2.24. The van der Waals surface area contributed by atoms with Crippen LogP contribution in [0.15, 0.2) is 11.6 Å². The molecule has 0 aliphatic heterocycles. The summed E-state index contributed by atoms with van der Waals surface area (Å²) in [7, 11) is 0. The molecule has 0 saturated carbocycles. The standard InChI is InChI=1S/C7H12F2/c1-4-6(5(2)3)7(8)9/h4-5,7H,1-3H3/b6-4+. The molecule has 0 rings (SSSR count). The highest BCUT2D eigenvalue weighted by molar-refractivity contribution is 5.05. The minimum absolute atomic E-state index is 0.0324. The maximum atomic E-state index is 11.9. The highest BCUT2D eigenvalue weighted by Crippen LogP contribution is 2.17. The van der Waals surface area contributed by atoms with Crippen molar-refractivity contribution in [3.05, 3.63) is 11.6 Å². The maximum absolute atomic E-state index is 11.9. The van der Waals surface area contributed by atoms with Gasteiger partial charge in [-0.25, -0.2) is 8.78 Å². The Bertz CT molecular complexity index is 93.5. The lowest BCUT2D eigenvalue weighted by Gasteiger charge is -2.07. The topological polar surface area (TPSA) is 0 Å². The fourth-order valence-electron chi connectivity index (χ4n) is 0.711. The molecule has 0 saturated heterocycles. The predicted molar refractivity (Wildman–Crippen MR) is 34.6 cm³/mol. The Morgan fingerprint density at radius 1 is 1.33 bits per heavy atom. The van der Waals surface area contributed by atoms with Gasteiger partial charge in [0.2, 0.25) is 0 Å². The van der Waals surface area contributed by atoms with Crippen molar-refractivity contribution >= 4 is 0 Å². The number of allylic oxidation sites excluding steroid dienone is 2. The SMILES string of the molecule is C/C=C(\C(C)C)C(F)F. The quantitative estimate of drug-likeness (QED) is 0.509. The van der Waals surface area contributed by atoms with Gasteiger partial charge in [-0.05, 0) is 18.4 Å². The third kappa shape index (κ3) is 2.59. The Morgan fingerprint density at radius 2 is 1.78 bits per heavy atom.